The number of rotatable bonds is 3. The summed E-state index contributed by atoms with van der Waals surface area (Å²) in [6, 6.07) is 1.79. The number of nitrogens with zero attached hydrogens (tertiary/aromatic N) is 1. The van der Waals surface area contributed by atoms with Crippen LogP contribution in [-0.4, -0.2) is 22.0 Å². The second kappa shape index (κ2) is 5.41. The van der Waals surface area contributed by atoms with Gasteiger partial charge in [-0.05, 0) is 37.3 Å². The largest absolute Gasteiger partial charge is 0.385 e. The Morgan fingerprint density at radius 3 is 2.71 bits per heavy atom. The van der Waals surface area contributed by atoms with Gasteiger partial charge in [-0.2, -0.15) is 0 Å². The van der Waals surface area contributed by atoms with Crippen molar-refractivity contribution < 1.29 is 9.90 Å². The fourth-order valence-electron chi connectivity index (χ4n) is 2.52. The van der Waals surface area contributed by atoms with Crippen molar-refractivity contribution in [3.05, 3.63) is 29.6 Å². The van der Waals surface area contributed by atoms with Crippen LogP contribution < -0.4 is 0 Å². The van der Waals surface area contributed by atoms with E-state index in [4.69, 9.17) is 0 Å². The lowest BCUT2D eigenvalue weighted by molar-refractivity contribution is 0.0534. The lowest BCUT2D eigenvalue weighted by Crippen LogP contribution is -2.31. The molecule has 1 N–H and O–H groups in total. The molecule has 1 aliphatic carbocycles. The van der Waals surface area contributed by atoms with E-state index in [2.05, 4.69) is 4.98 Å². The van der Waals surface area contributed by atoms with Crippen molar-refractivity contribution in [2.75, 3.05) is 0 Å². The topological polar surface area (TPSA) is 50.2 Å². The standard InChI is InChI=1S/C14H19NO2/c1-10-7-12(9-15-8-10)14(17)13(16)11-5-3-2-4-6-11/h7-9,11,13,16H,2-6H2,1H3. The Labute approximate surface area is 102 Å². The van der Waals surface area contributed by atoms with Gasteiger partial charge in [0.2, 0.25) is 0 Å². The van der Waals surface area contributed by atoms with Gasteiger partial charge < -0.3 is 5.11 Å². The summed E-state index contributed by atoms with van der Waals surface area (Å²) in [5.74, 6) is -0.0372. The Morgan fingerprint density at radius 1 is 1.35 bits per heavy atom. The molecule has 17 heavy (non-hydrogen) atoms. The predicted octanol–water partition coefficient (Wildman–Crippen LogP) is 2.51. The second-order valence-corrected chi connectivity index (χ2v) is 4.96. The molecule has 0 aliphatic heterocycles. The molecule has 0 aromatic carbocycles. The minimum Gasteiger partial charge on any atom is -0.385 e. The van der Waals surface area contributed by atoms with E-state index < -0.39 is 6.10 Å². The Morgan fingerprint density at radius 2 is 2.06 bits per heavy atom. The predicted molar refractivity (Wildman–Crippen MR) is 65.9 cm³/mol. The van der Waals surface area contributed by atoms with Gasteiger partial charge in [-0.25, -0.2) is 0 Å². The molecule has 1 aliphatic rings. The summed E-state index contributed by atoms with van der Waals surface area (Å²) in [4.78, 5) is 16.1. The van der Waals surface area contributed by atoms with Crippen molar-refractivity contribution >= 4 is 5.78 Å². The summed E-state index contributed by atoms with van der Waals surface area (Å²) in [5.41, 5.74) is 1.48. The van der Waals surface area contributed by atoms with E-state index >= 15 is 0 Å². The summed E-state index contributed by atoms with van der Waals surface area (Å²) < 4.78 is 0. The van der Waals surface area contributed by atoms with Crippen LogP contribution in [0.5, 0.6) is 0 Å². The van der Waals surface area contributed by atoms with Crippen LogP contribution in [0.4, 0.5) is 0 Å². The minimum absolute atomic E-state index is 0.136. The third kappa shape index (κ3) is 2.91. The smallest absolute Gasteiger partial charge is 0.193 e. The number of Topliss-reactive ketones (excluding diaryl/α,β-unsaturated/α-hetero) is 1. The maximum atomic E-state index is 12.1. The fraction of sp³-hybridized carbons (Fsp3) is 0.571. The zero-order valence-electron chi connectivity index (χ0n) is 10.2. The Bertz CT molecular complexity index is 397. The van der Waals surface area contributed by atoms with Crippen molar-refractivity contribution in [2.45, 2.75) is 45.1 Å². The van der Waals surface area contributed by atoms with E-state index in [1.807, 2.05) is 6.92 Å². The first-order valence-corrected chi connectivity index (χ1v) is 6.32. The Balaban J connectivity index is 2.08. The normalized spacial score (nSPS) is 18.9. The first-order valence-electron chi connectivity index (χ1n) is 6.32. The summed E-state index contributed by atoms with van der Waals surface area (Å²) in [6.45, 7) is 1.90. The molecule has 0 radical (unpaired) electrons. The average molecular weight is 233 g/mol. The van der Waals surface area contributed by atoms with Crippen LogP contribution in [0.25, 0.3) is 0 Å². The Kier molecular flexibility index (Phi) is 3.89. The highest BCUT2D eigenvalue weighted by atomic mass is 16.3. The maximum Gasteiger partial charge on any atom is 0.193 e. The van der Waals surface area contributed by atoms with Crippen LogP contribution >= 0.6 is 0 Å². The summed E-state index contributed by atoms with van der Waals surface area (Å²) >= 11 is 0. The average Bonchev–Trinajstić information content (AvgIpc) is 2.38. The zero-order valence-corrected chi connectivity index (χ0v) is 10.2. The third-order valence-electron chi connectivity index (χ3n) is 3.52. The maximum absolute atomic E-state index is 12.1. The summed E-state index contributed by atoms with van der Waals surface area (Å²) in [6.07, 6.45) is 7.81. The molecule has 0 spiro atoms. The van der Waals surface area contributed by atoms with E-state index in [0.717, 1.165) is 31.2 Å². The molecule has 1 aromatic rings. The van der Waals surface area contributed by atoms with Crippen LogP contribution in [0.1, 0.15) is 48.0 Å². The molecule has 2 rings (SSSR count). The van der Waals surface area contributed by atoms with E-state index in [9.17, 15) is 9.90 Å². The van der Waals surface area contributed by atoms with Gasteiger partial charge in [-0.1, -0.05) is 19.3 Å². The molecule has 1 unspecified atom stereocenters. The Hall–Kier alpha value is -1.22. The number of carbonyl (C=O) groups excluding carboxylic acids is 1. The van der Waals surface area contributed by atoms with Gasteiger partial charge in [0.1, 0.15) is 6.10 Å². The number of aliphatic hydroxyl groups is 1. The molecule has 0 saturated heterocycles. The van der Waals surface area contributed by atoms with Crippen molar-refractivity contribution in [3.63, 3.8) is 0 Å². The van der Waals surface area contributed by atoms with Gasteiger partial charge in [0.25, 0.3) is 0 Å². The first-order chi connectivity index (χ1) is 8.18. The zero-order chi connectivity index (χ0) is 12.3. The molecule has 0 bridgehead atoms. The van der Waals surface area contributed by atoms with Gasteiger partial charge in [0, 0.05) is 18.0 Å². The van der Waals surface area contributed by atoms with E-state index in [1.165, 1.54) is 6.42 Å². The lowest BCUT2D eigenvalue weighted by Gasteiger charge is -2.25. The van der Waals surface area contributed by atoms with Crippen LogP contribution in [-0.2, 0) is 0 Å². The molecule has 92 valence electrons. The van der Waals surface area contributed by atoms with Crippen LogP contribution in [0, 0.1) is 12.8 Å². The van der Waals surface area contributed by atoms with Crippen molar-refractivity contribution in [3.8, 4) is 0 Å². The van der Waals surface area contributed by atoms with E-state index in [0.29, 0.717) is 5.56 Å². The van der Waals surface area contributed by atoms with Gasteiger partial charge >= 0.3 is 0 Å². The molecule has 3 heteroatoms. The summed E-state index contributed by atoms with van der Waals surface area (Å²) in [5, 5.41) is 10.1. The molecular formula is C14H19NO2. The highest BCUT2D eigenvalue weighted by Gasteiger charge is 2.28. The van der Waals surface area contributed by atoms with Gasteiger partial charge in [-0.15, -0.1) is 0 Å². The minimum atomic E-state index is -0.848. The number of carbonyl (C=O) groups is 1. The van der Waals surface area contributed by atoms with Gasteiger partial charge in [0.05, 0.1) is 0 Å². The van der Waals surface area contributed by atoms with Crippen LogP contribution in [0.2, 0.25) is 0 Å². The molecule has 1 heterocycles. The fourth-order valence-corrected chi connectivity index (χ4v) is 2.52. The number of aliphatic hydroxyl groups excluding tert-OH is 1. The highest BCUT2D eigenvalue weighted by molar-refractivity contribution is 5.99. The molecule has 1 saturated carbocycles. The number of hydrogen-bond donors (Lipinski definition) is 1. The van der Waals surface area contributed by atoms with Gasteiger partial charge in [-0.3, -0.25) is 9.78 Å². The molecule has 1 aromatic heterocycles. The number of pyridine rings is 1. The molecule has 1 atom stereocenters. The highest BCUT2D eigenvalue weighted by Crippen LogP contribution is 2.27. The molecule has 1 fully saturated rings. The van der Waals surface area contributed by atoms with Crippen molar-refractivity contribution in [1.82, 2.24) is 4.98 Å². The number of aryl methyl sites for hydroxylation is 1. The quantitative estimate of drug-likeness (QED) is 0.816. The van der Waals surface area contributed by atoms with E-state index in [-0.39, 0.29) is 11.7 Å². The van der Waals surface area contributed by atoms with Gasteiger partial charge in [0.15, 0.2) is 5.78 Å². The number of ketones is 1. The first kappa shape index (κ1) is 12.2. The number of hydrogen-bond acceptors (Lipinski definition) is 3. The monoisotopic (exact) mass is 233 g/mol. The van der Waals surface area contributed by atoms with Crippen LogP contribution in [0.3, 0.4) is 0 Å². The summed E-state index contributed by atoms with van der Waals surface area (Å²) in [7, 11) is 0. The second-order valence-electron chi connectivity index (χ2n) is 4.96. The lowest BCUT2D eigenvalue weighted by atomic mass is 9.83. The van der Waals surface area contributed by atoms with Crippen molar-refractivity contribution in [1.29, 1.82) is 0 Å². The van der Waals surface area contributed by atoms with Crippen LogP contribution in [0.15, 0.2) is 18.5 Å². The number of aromatic nitrogens is 1. The van der Waals surface area contributed by atoms with Crippen molar-refractivity contribution in [2.24, 2.45) is 5.92 Å². The molecule has 3 nitrogen and oxygen atoms in total. The third-order valence-corrected chi connectivity index (χ3v) is 3.52. The van der Waals surface area contributed by atoms with E-state index in [1.54, 1.807) is 18.5 Å². The SMILES string of the molecule is Cc1cncc(C(=O)C(O)C2CCCCC2)c1. The molecule has 0 amide bonds. The molecular weight excluding hydrogens is 214 g/mol.